The van der Waals surface area contributed by atoms with Crippen LogP contribution in [0.25, 0.3) is 0 Å². The normalized spacial score (nSPS) is 18.6. The molecule has 1 heterocycles. The van der Waals surface area contributed by atoms with Crippen LogP contribution in [0, 0.1) is 5.41 Å². The van der Waals surface area contributed by atoms with Crippen LogP contribution in [-0.4, -0.2) is 29.1 Å². The second-order valence-electron chi connectivity index (χ2n) is 6.21. The van der Waals surface area contributed by atoms with Gasteiger partial charge in [-0.1, -0.05) is 32.4 Å². The third-order valence-corrected chi connectivity index (χ3v) is 3.62. The van der Waals surface area contributed by atoms with Crippen molar-refractivity contribution in [1.29, 1.82) is 0 Å². The zero-order chi connectivity index (χ0) is 15.8. The van der Waals surface area contributed by atoms with Gasteiger partial charge in [0.05, 0.1) is 0 Å². The van der Waals surface area contributed by atoms with E-state index in [0.29, 0.717) is 17.2 Å². The Balaban J connectivity index is 2.08. The van der Waals surface area contributed by atoms with Crippen LogP contribution in [0.1, 0.15) is 26.3 Å². The van der Waals surface area contributed by atoms with E-state index in [2.05, 4.69) is 5.32 Å². The first kappa shape index (κ1) is 15.6. The summed E-state index contributed by atoms with van der Waals surface area (Å²) in [6.45, 7) is 5.28. The summed E-state index contributed by atoms with van der Waals surface area (Å²) in [5.74, 6) is -0.874. The van der Waals surface area contributed by atoms with Gasteiger partial charge in [-0.05, 0) is 29.2 Å². The highest BCUT2D eigenvalue weighted by molar-refractivity contribution is 6.30. The summed E-state index contributed by atoms with van der Waals surface area (Å²) in [7, 11) is 0. The lowest BCUT2D eigenvalue weighted by atomic mass is 9.86. The monoisotopic (exact) mass is 311 g/mol. The first-order valence-electron chi connectivity index (χ1n) is 6.67. The first-order valence-corrected chi connectivity index (χ1v) is 7.04. The lowest BCUT2D eigenvalue weighted by molar-refractivity contribution is -0.146. The molecule has 6 heteroatoms. The molecular weight excluding hydrogens is 294 g/mol. The maximum absolute atomic E-state index is 12.2. The van der Waals surface area contributed by atoms with Gasteiger partial charge in [-0.2, -0.15) is 0 Å². The van der Waals surface area contributed by atoms with Crippen LogP contribution in [-0.2, 0) is 16.0 Å². The van der Waals surface area contributed by atoms with E-state index in [0.717, 1.165) is 5.56 Å². The molecule has 21 heavy (non-hydrogen) atoms. The van der Waals surface area contributed by atoms with Crippen LogP contribution in [0.15, 0.2) is 18.2 Å². The number of amides is 1. The number of halogens is 1. The number of benzene rings is 1. The lowest BCUT2D eigenvalue weighted by Crippen LogP contribution is -2.52. The van der Waals surface area contributed by atoms with Gasteiger partial charge in [0.25, 0.3) is 5.91 Å². The molecule has 0 fully saturated rings. The maximum atomic E-state index is 12.2. The average Bonchev–Trinajstić information content (AvgIpc) is 2.76. The second-order valence-corrected chi connectivity index (χ2v) is 6.64. The van der Waals surface area contributed by atoms with Crippen molar-refractivity contribution in [3.05, 3.63) is 28.8 Å². The van der Waals surface area contributed by atoms with E-state index in [1.807, 2.05) is 0 Å². The van der Waals surface area contributed by atoms with Crippen LogP contribution >= 0.6 is 11.6 Å². The zero-order valence-electron chi connectivity index (χ0n) is 12.1. The molecule has 1 aromatic rings. The highest BCUT2D eigenvalue weighted by atomic mass is 35.5. The minimum atomic E-state index is -1.06. The Hall–Kier alpha value is -1.75. The van der Waals surface area contributed by atoms with Crippen molar-refractivity contribution in [2.75, 3.05) is 0 Å². The molecule has 114 valence electrons. The summed E-state index contributed by atoms with van der Waals surface area (Å²) in [5, 5.41) is 12.4. The molecule has 5 nitrogen and oxygen atoms in total. The minimum absolute atomic E-state index is 0.387. The van der Waals surface area contributed by atoms with E-state index in [9.17, 15) is 14.7 Å². The van der Waals surface area contributed by atoms with E-state index >= 15 is 0 Å². The largest absolute Gasteiger partial charge is 0.480 e. The van der Waals surface area contributed by atoms with E-state index < -0.39 is 29.4 Å². The highest BCUT2D eigenvalue weighted by Crippen LogP contribution is 2.31. The fourth-order valence-electron chi connectivity index (χ4n) is 2.25. The number of carboxylic acids is 1. The Morgan fingerprint density at radius 2 is 2.10 bits per heavy atom. The molecule has 1 unspecified atom stereocenters. The fourth-order valence-corrected chi connectivity index (χ4v) is 2.44. The number of fused-ring (bicyclic) bond motifs is 1. The van der Waals surface area contributed by atoms with E-state index in [1.165, 1.54) is 0 Å². The van der Waals surface area contributed by atoms with Crippen molar-refractivity contribution in [3.63, 3.8) is 0 Å². The number of aliphatic carboxylic acids is 1. The Morgan fingerprint density at radius 1 is 1.43 bits per heavy atom. The SMILES string of the molecule is CC(C)(C)[C@H](NC(=O)C1Cc2cc(Cl)ccc2O1)C(=O)O. The molecule has 2 N–H and O–H groups in total. The number of hydrogen-bond acceptors (Lipinski definition) is 3. The van der Waals surface area contributed by atoms with Crippen LogP contribution in [0.3, 0.4) is 0 Å². The van der Waals surface area contributed by atoms with E-state index in [1.54, 1.807) is 39.0 Å². The summed E-state index contributed by atoms with van der Waals surface area (Å²) < 4.78 is 5.55. The van der Waals surface area contributed by atoms with Crippen molar-refractivity contribution in [3.8, 4) is 5.75 Å². The molecule has 1 amide bonds. The van der Waals surface area contributed by atoms with Crippen LogP contribution < -0.4 is 10.1 Å². The molecule has 0 saturated carbocycles. The van der Waals surface area contributed by atoms with Crippen molar-refractivity contribution in [2.24, 2.45) is 5.41 Å². The van der Waals surface area contributed by atoms with Crippen molar-refractivity contribution in [1.82, 2.24) is 5.32 Å². The van der Waals surface area contributed by atoms with E-state index in [-0.39, 0.29) is 0 Å². The molecule has 2 atom stereocenters. The fraction of sp³-hybridized carbons (Fsp3) is 0.467. The number of ether oxygens (including phenoxy) is 1. The molecule has 2 rings (SSSR count). The van der Waals surface area contributed by atoms with Gasteiger partial charge in [-0.3, -0.25) is 4.79 Å². The maximum Gasteiger partial charge on any atom is 0.326 e. The summed E-state index contributed by atoms with van der Waals surface area (Å²) in [6, 6.07) is 4.18. The second kappa shape index (κ2) is 5.56. The van der Waals surface area contributed by atoms with Crippen LogP contribution in [0.4, 0.5) is 0 Å². The molecule has 1 aliphatic rings. The first-order chi connectivity index (χ1) is 9.68. The summed E-state index contributed by atoms with van der Waals surface area (Å²) in [6.07, 6.45) is -0.333. The average molecular weight is 312 g/mol. The topological polar surface area (TPSA) is 75.6 Å². The van der Waals surface area contributed by atoms with Gasteiger partial charge in [0.15, 0.2) is 6.10 Å². The van der Waals surface area contributed by atoms with Gasteiger partial charge >= 0.3 is 5.97 Å². The van der Waals surface area contributed by atoms with Crippen LogP contribution in [0.5, 0.6) is 5.75 Å². The Kier molecular flexibility index (Phi) is 4.14. The van der Waals surface area contributed by atoms with Crippen LogP contribution in [0.2, 0.25) is 5.02 Å². The van der Waals surface area contributed by atoms with Gasteiger partial charge in [0, 0.05) is 11.4 Å². The Bertz CT molecular complexity index is 580. The number of carbonyl (C=O) groups is 2. The number of carboxylic acid groups (broad SMARTS) is 1. The molecule has 0 radical (unpaired) electrons. The van der Waals surface area contributed by atoms with Gasteiger partial charge in [0.2, 0.25) is 0 Å². The van der Waals surface area contributed by atoms with Gasteiger partial charge in [-0.15, -0.1) is 0 Å². The summed E-state index contributed by atoms with van der Waals surface area (Å²) >= 11 is 5.90. The minimum Gasteiger partial charge on any atom is -0.480 e. The molecule has 1 aromatic carbocycles. The Morgan fingerprint density at radius 3 is 2.67 bits per heavy atom. The van der Waals surface area contributed by atoms with Crippen molar-refractivity contribution in [2.45, 2.75) is 39.3 Å². The quantitative estimate of drug-likeness (QED) is 0.898. The van der Waals surface area contributed by atoms with Gasteiger partial charge < -0.3 is 15.2 Å². The van der Waals surface area contributed by atoms with Crippen molar-refractivity contribution >= 4 is 23.5 Å². The molecule has 0 aliphatic carbocycles. The predicted molar refractivity (Wildman–Crippen MR) is 78.6 cm³/mol. The molecule has 0 saturated heterocycles. The smallest absolute Gasteiger partial charge is 0.326 e. The predicted octanol–water partition coefficient (Wildman–Crippen LogP) is 2.26. The molecule has 0 aromatic heterocycles. The number of carbonyl (C=O) groups excluding carboxylic acids is 1. The summed E-state index contributed by atoms with van der Waals surface area (Å²) in [5.41, 5.74) is 0.265. The summed E-state index contributed by atoms with van der Waals surface area (Å²) in [4.78, 5) is 23.5. The standard InChI is InChI=1S/C15H18ClNO4/c1-15(2,3)12(14(19)20)17-13(18)11-7-8-6-9(16)4-5-10(8)21-11/h4-6,11-12H,7H2,1-3H3,(H,17,18)(H,19,20)/t11?,12-/m1/s1. The van der Waals surface area contributed by atoms with Gasteiger partial charge in [-0.25, -0.2) is 4.79 Å². The number of hydrogen-bond donors (Lipinski definition) is 2. The number of nitrogens with one attached hydrogen (secondary N) is 1. The molecule has 0 spiro atoms. The molecular formula is C15H18ClNO4. The molecule has 0 bridgehead atoms. The zero-order valence-corrected chi connectivity index (χ0v) is 12.9. The lowest BCUT2D eigenvalue weighted by Gasteiger charge is -2.28. The highest BCUT2D eigenvalue weighted by Gasteiger charge is 2.36. The molecule has 1 aliphatic heterocycles. The third-order valence-electron chi connectivity index (χ3n) is 3.39. The third kappa shape index (κ3) is 3.47. The van der Waals surface area contributed by atoms with E-state index in [4.69, 9.17) is 16.3 Å². The Labute approximate surface area is 128 Å². The van der Waals surface area contributed by atoms with Crippen molar-refractivity contribution < 1.29 is 19.4 Å². The number of rotatable bonds is 3. The van der Waals surface area contributed by atoms with Gasteiger partial charge in [0.1, 0.15) is 11.8 Å².